The highest BCUT2D eigenvalue weighted by molar-refractivity contribution is 5.78. The molecule has 0 aromatic rings. The van der Waals surface area contributed by atoms with Crippen molar-refractivity contribution in [3.63, 3.8) is 0 Å². The van der Waals surface area contributed by atoms with Gasteiger partial charge in [0, 0.05) is 6.04 Å². The third-order valence-corrected chi connectivity index (χ3v) is 3.74. The lowest BCUT2D eigenvalue weighted by molar-refractivity contribution is -0.144. The Labute approximate surface area is 111 Å². The molecule has 1 aliphatic rings. The molecule has 1 aliphatic carbocycles. The molecule has 0 amide bonds. The van der Waals surface area contributed by atoms with Gasteiger partial charge in [-0.25, -0.2) is 0 Å². The molecular formula is C14H28N2O2. The predicted octanol–water partition coefficient (Wildman–Crippen LogP) is 2.09. The van der Waals surface area contributed by atoms with Crippen LogP contribution in [0, 0.1) is 0 Å². The molecular weight excluding hydrogens is 228 g/mol. The van der Waals surface area contributed by atoms with E-state index in [1.807, 2.05) is 6.92 Å². The first-order valence-corrected chi connectivity index (χ1v) is 7.26. The number of hydrogen-bond acceptors (Lipinski definition) is 3. The standard InChI is InChI=1S/C14H28N2O2/c1-4-10-16(12-7-8-12)11-6-9-14(3,13(17)18)15-5-2/h12,15H,4-11H2,1-3H3,(H,17,18). The summed E-state index contributed by atoms with van der Waals surface area (Å²) in [6.07, 6.45) is 5.47. The van der Waals surface area contributed by atoms with Crippen molar-refractivity contribution in [1.82, 2.24) is 10.2 Å². The Hall–Kier alpha value is -0.610. The maximum atomic E-state index is 11.3. The summed E-state index contributed by atoms with van der Waals surface area (Å²) in [6.45, 7) is 8.83. The van der Waals surface area contributed by atoms with Crippen LogP contribution >= 0.6 is 0 Å². The Kier molecular flexibility index (Phi) is 6.09. The summed E-state index contributed by atoms with van der Waals surface area (Å²) in [4.78, 5) is 13.8. The largest absolute Gasteiger partial charge is 0.480 e. The smallest absolute Gasteiger partial charge is 0.323 e. The van der Waals surface area contributed by atoms with Crippen LogP contribution in [0.3, 0.4) is 0 Å². The molecule has 1 atom stereocenters. The van der Waals surface area contributed by atoms with Gasteiger partial charge in [-0.3, -0.25) is 4.79 Å². The van der Waals surface area contributed by atoms with E-state index in [2.05, 4.69) is 17.1 Å². The van der Waals surface area contributed by atoms with Crippen LogP contribution in [0.1, 0.15) is 52.9 Å². The average molecular weight is 256 g/mol. The van der Waals surface area contributed by atoms with Crippen molar-refractivity contribution in [1.29, 1.82) is 0 Å². The van der Waals surface area contributed by atoms with Gasteiger partial charge >= 0.3 is 5.97 Å². The second-order valence-electron chi connectivity index (χ2n) is 5.54. The summed E-state index contributed by atoms with van der Waals surface area (Å²) in [7, 11) is 0. The minimum atomic E-state index is -0.768. The van der Waals surface area contributed by atoms with Gasteiger partial charge in [0.1, 0.15) is 5.54 Å². The number of carboxylic acid groups (broad SMARTS) is 1. The lowest BCUT2D eigenvalue weighted by atomic mass is 9.95. The number of nitrogens with zero attached hydrogens (tertiary/aromatic N) is 1. The Bertz CT molecular complexity index is 267. The van der Waals surface area contributed by atoms with Gasteiger partial charge in [0.25, 0.3) is 0 Å². The Morgan fingerprint density at radius 2 is 2.06 bits per heavy atom. The van der Waals surface area contributed by atoms with E-state index in [4.69, 9.17) is 0 Å². The third kappa shape index (κ3) is 4.58. The fourth-order valence-electron chi connectivity index (χ4n) is 2.50. The molecule has 0 bridgehead atoms. The summed E-state index contributed by atoms with van der Waals surface area (Å²) in [6, 6.07) is 0.778. The molecule has 4 heteroatoms. The van der Waals surface area contributed by atoms with Crippen LogP contribution in [-0.4, -0.2) is 47.2 Å². The second-order valence-corrected chi connectivity index (χ2v) is 5.54. The molecule has 1 unspecified atom stereocenters. The Morgan fingerprint density at radius 1 is 1.39 bits per heavy atom. The zero-order valence-corrected chi connectivity index (χ0v) is 12.0. The van der Waals surface area contributed by atoms with E-state index in [-0.39, 0.29) is 0 Å². The van der Waals surface area contributed by atoms with Crippen molar-refractivity contribution >= 4 is 5.97 Å². The molecule has 0 saturated heterocycles. The topological polar surface area (TPSA) is 52.6 Å². The third-order valence-electron chi connectivity index (χ3n) is 3.74. The Morgan fingerprint density at radius 3 is 2.50 bits per heavy atom. The van der Waals surface area contributed by atoms with Crippen molar-refractivity contribution in [2.24, 2.45) is 0 Å². The van der Waals surface area contributed by atoms with Gasteiger partial charge in [0.2, 0.25) is 0 Å². The molecule has 1 rings (SSSR count). The number of carboxylic acids is 1. The minimum absolute atomic E-state index is 0.698. The molecule has 2 N–H and O–H groups in total. The van der Waals surface area contributed by atoms with Crippen molar-refractivity contribution in [3.8, 4) is 0 Å². The van der Waals surface area contributed by atoms with E-state index in [1.54, 1.807) is 6.92 Å². The normalized spacial score (nSPS) is 18.9. The molecule has 0 heterocycles. The van der Waals surface area contributed by atoms with E-state index in [0.717, 1.165) is 25.6 Å². The first-order chi connectivity index (χ1) is 8.53. The summed E-state index contributed by atoms with van der Waals surface area (Å²) in [5, 5.41) is 12.4. The predicted molar refractivity (Wildman–Crippen MR) is 73.8 cm³/mol. The molecule has 1 fully saturated rings. The van der Waals surface area contributed by atoms with Crippen molar-refractivity contribution in [2.45, 2.75) is 64.5 Å². The van der Waals surface area contributed by atoms with Gasteiger partial charge in [0.15, 0.2) is 0 Å². The van der Waals surface area contributed by atoms with Gasteiger partial charge < -0.3 is 15.3 Å². The highest BCUT2D eigenvalue weighted by Gasteiger charge is 2.33. The highest BCUT2D eigenvalue weighted by atomic mass is 16.4. The van der Waals surface area contributed by atoms with Crippen LogP contribution < -0.4 is 5.32 Å². The summed E-state index contributed by atoms with van der Waals surface area (Å²) in [5.74, 6) is -0.738. The van der Waals surface area contributed by atoms with Crippen LogP contribution in [0.5, 0.6) is 0 Å². The number of rotatable bonds is 10. The van der Waals surface area contributed by atoms with Gasteiger partial charge in [-0.1, -0.05) is 13.8 Å². The van der Waals surface area contributed by atoms with Crippen LogP contribution in [0.4, 0.5) is 0 Å². The molecule has 1 saturated carbocycles. The highest BCUT2D eigenvalue weighted by Crippen LogP contribution is 2.27. The lowest BCUT2D eigenvalue weighted by Gasteiger charge is -2.28. The van der Waals surface area contributed by atoms with E-state index >= 15 is 0 Å². The van der Waals surface area contributed by atoms with Crippen molar-refractivity contribution < 1.29 is 9.90 Å². The van der Waals surface area contributed by atoms with Gasteiger partial charge in [-0.15, -0.1) is 0 Å². The number of nitrogens with one attached hydrogen (secondary N) is 1. The van der Waals surface area contributed by atoms with Crippen molar-refractivity contribution in [2.75, 3.05) is 19.6 Å². The van der Waals surface area contributed by atoms with Crippen LogP contribution in [0.25, 0.3) is 0 Å². The van der Waals surface area contributed by atoms with E-state index in [9.17, 15) is 9.90 Å². The SMILES string of the molecule is CCCN(CCCC(C)(NCC)C(=O)O)C1CC1. The number of hydrogen-bond donors (Lipinski definition) is 2. The summed E-state index contributed by atoms with van der Waals surface area (Å²) < 4.78 is 0. The van der Waals surface area contributed by atoms with Crippen molar-refractivity contribution in [3.05, 3.63) is 0 Å². The molecule has 18 heavy (non-hydrogen) atoms. The van der Waals surface area contributed by atoms with Gasteiger partial charge in [-0.2, -0.15) is 0 Å². The van der Waals surface area contributed by atoms with Crippen LogP contribution in [0.15, 0.2) is 0 Å². The Balaban J connectivity index is 2.35. The summed E-state index contributed by atoms with van der Waals surface area (Å²) >= 11 is 0. The van der Waals surface area contributed by atoms with Gasteiger partial charge in [-0.05, 0) is 58.7 Å². The number of carbonyl (C=O) groups is 1. The molecule has 106 valence electrons. The maximum absolute atomic E-state index is 11.3. The quantitative estimate of drug-likeness (QED) is 0.628. The van der Waals surface area contributed by atoms with Gasteiger partial charge in [0.05, 0.1) is 0 Å². The zero-order valence-electron chi connectivity index (χ0n) is 12.0. The fourth-order valence-corrected chi connectivity index (χ4v) is 2.50. The van der Waals surface area contributed by atoms with Crippen LogP contribution in [0.2, 0.25) is 0 Å². The van der Waals surface area contributed by atoms with E-state index < -0.39 is 11.5 Å². The molecule has 0 radical (unpaired) electrons. The second kappa shape index (κ2) is 7.10. The van der Waals surface area contributed by atoms with E-state index in [0.29, 0.717) is 13.0 Å². The molecule has 0 aromatic heterocycles. The molecule has 4 nitrogen and oxygen atoms in total. The minimum Gasteiger partial charge on any atom is -0.480 e. The zero-order chi connectivity index (χ0) is 13.6. The first-order valence-electron chi connectivity index (χ1n) is 7.26. The molecule has 0 aromatic carbocycles. The van der Waals surface area contributed by atoms with E-state index in [1.165, 1.54) is 19.3 Å². The van der Waals surface area contributed by atoms with Crippen LogP contribution in [-0.2, 0) is 4.79 Å². The average Bonchev–Trinajstić information content (AvgIpc) is 3.12. The number of aliphatic carboxylic acids is 1. The maximum Gasteiger partial charge on any atom is 0.323 e. The number of likely N-dealkylation sites (N-methyl/N-ethyl adjacent to an activating group) is 1. The summed E-state index contributed by atoms with van der Waals surface area (Å²) in [5.41, 5.74) is -0.768. The first kappa shape index (κ1) is 15.4. The lowest BCUT2D eigenvalue weighted by Crippen LogP contribution is -2.49. The monoisotopic (exact) mass is 256 g/mol. The fraction of sp³-hybridized carbons (Fsp3) is 0.929. The molecule has 0 aliphatic heterocycles. The molecule has 0 spiro atoms.